The zero-order valence-electron chi connectivity index (χ0n) is 8.40. The molecule has 0 radical (unpaired) electrons. The van der Waals surface area contributed by atoms with Crippen molar-refractivity contribution in [2.45, 2.75) is 47.3 Å². The molecule has 0 bridgehead atoms. The van der Waals surface area contributed by atoms with Crippen LogP contribution in [0, 0.1) is 0 Å². The fraction of sp³-hybridized carbons (Fsp3) is 1.00. The van der Waals surface area contributed by atoms with E-state index in [4.69, 9.17) is 19.7 Å². The minimum absolute atomic E-state index is 0. The van der Waals surface area contributed by atoms with Crippen molar-refractivity contribution in [2.75, 3.05) is 26.4 Å². The highest BCUT2D eigenvalue weighted by Crippen LogP contribution is 1.94. The van der Waals surface area contributed by atoms with Gasteiger partial charge in [-0.2, -0.15) is 0 Å². The van der Waals surface area contributed by atoms with Crippen LogP contribution in [0.25, 0.3) is 0 Å². The van der Waals surface area contributed by atoms with Gasteiger partial charge in [0, 0.05) is 13.2 Å². The Morgan fingerprint density at radius 3 is 1.47 bits per heavy atom. The summed E-state index contributed by atoms with van der Waals surface area (Å²) in [7, 11) is 0. The lowest BCUT2D eigenvalue weighted by atomic mass is 10.4. The van der Waals surface area contributed by atoms with E-state index in [0.717, 1.165) is 6.42 Å². The highest BCUT2D eigenvalue weighted by atomic mass is 16.5. The van der Waals surface area contributed by atoms with Crippen LogP contribution in [0.4, 0.5) is 0 Å². The molecule has 4 heteroatoms. The van der Waals surface area contributed by atoms with Gasteiger partial charge in [-0.1, -0.05) is 14.9 Å². The predicted octanol–water partition coefficient (Wildman–Crippen LogP) is 1.44. The topological polar surface area (TPSA) is 58.9 Å². The van der Waals surface area contributed by atoms with Crippen LogP contribution in [0.5, 0.6) is 0 Å². The first kappa shape index (κ1) is 20.3. The van der Waals surface area contributed by atoms with E-state index in [1.807, 2.05) is 13.8 Å². The van der Waals surface area contributed by atoms with Gasteiger partial charge >= 0.3 is 0 Å². The Hall–Kier alpha value is -0.160. The highest BCUT2D eigenvalue weighted by molar-refractivity contribution is 4.47. The largest absolute Gasteiger partial charge is 0.394 e. The number of aliphatic hydroxyl groups excluding tert-OH is 2. The molecule has 0 saturated heterocycles. The average molecular weight is 224 g/mol. The zero-order valence-corrected chi connectivity index (χ0v) is 8.40. The van der Waals surface area contributed by atoms with Crippen LogP contribution in [0.1, 0.15) is 35.1 Å². The summed E-state index contributed by atoms with van der Waals surface area (Å²) in [5.41, 5.74) is 0. The molecule has 0 aliphatic rings. The molecule has 0 aromatic rings. The summed E-state index contributed by atoms with van der Waals surface area (Å²) in [6.07, 6.45) is 0.583. The second-order valence-electron chi connectivity index (χ2n) is 3.08. The molecule has 0 saturated carbocycles. The number of hydrogen-bond acceptors (Lipinski definition) is 4. The van der Waals surface area contributed by atoms with Crippen molar-refractivity contribution in [3.8, 4) is 0 Å². The Bertz CT molecular complexity index is 96.8. The van der Waals surface area contributed by atoms with E-state index in [2.05, 4.69) is 0 Å². The Labute approximate surface area is 94.2 Å². The van der Waals surface area contributed by atoms with Crippen LogP contribution in [0.2, 0.25) is 0 Å². The third-order valence-electron chi connectivity index (χ3n) is 1.61. The molecule has 0 aliphatic heterocycles. The van der Waals surface area contributed by atoms with Gasteiger partial charge in [0.2, 0.25) is 0 Å². The molecule has 2 unspecified atom stereocenters. The lowest BCUT2D eigenvalue weighted by molar-refractivity contribution is -0.00935. The molecular formula is C11H28O4. The van der Waals surface area contributed by atoms with Crippen LogP contribution >= 0.6 is 0 Å². The van der Waals surface area contributed by atoms with Crippen molar-refractivity contribution in [3.63, 3.8) is 0 Å². The first-order chi connectivity index (χ1) is 6.20. The van der Waals surface area contributed by atoms with Crippen molar-refractivity contribution in [2.24, 2.45) is 0 Å². The van der Waals surface area contributed by atoms with E-state index in [1.165, 1.54) is 0 Å². The van der Waals surface area contributed by atoms with E-state index in [-0.39, 0.29) is 40.3 Å². The summed E-state index contributed by atoms with van der Waals surface area (Å²) in [6.45, 7) is 4.90. The first-order valence-corrected chi connectivity index (χ1v) is 4.65. The zero-order chi connectivity index (χ0) is 10.1. The Morgan fingerprint density at radius 2 is 1.20 bits per heavy atom. The van der Waals surface area contributed by atoms with Gasteiger partial charge in [-0.25, -0.2) is 0 Å². The van der Waals surface area contributed by atoms with Crippen molar-refractivity contribution < 1.29 is 19.7 Å². The van der Waals surface area contributed by atoms with Gasteiger partial charge in [-0.3, -0.25) is 0 Å². The van der Waals surface area contributed by atoms with Gasteiger partial charge in [0.15, 0.2) is 0 Å². The molecule has 0 aliphatic carbocycles. The van der Waals surface area contributed by atoms with Crippen molar-refractivity contribution in [3.05, 3.63) is 0 Å². The molecule has 4 nitrogen and oxygen atoms in total. The van der Waals surface area contributed by atoms with Gasteiger partial charge in [-0.05, 0) is 20.3 Å². The normalized spacial score (nSPS) is 13.6. The lowest BCUT2D eigenvalue weighted by Gasteiger charge is -2.11. The molecule has 0 aromatic carbocycles. The summed E-state index contributed by atoms with van der Waals surface area (Å²) in [4.78, 5) is 0. The molecule has 0 spiro atoms. The third kappa shape index (κ3) is 13.8. The smallest absolute Gasteiger partial charge is 0.0777 e. The number of ether oxygens (including phenoxy) is 2. The van der Waals surface area contributed by atoms with Crippen molar-refractivity contribution in [1.82, 2.24) is 0 Å². The summed E-state index contributed by atoms with van der Waals surface area (Å²) < 4.78 is 10.4. The van der Waals surface area contributed by atoms with Crippen LogP contribution in [-0.4, -0.2) is 48.8 Å². The van der Waals surface area contributed by atoms with E-state index in [1.54, 1.807) is 0 Å². The molecule has 0 aromatic heterocycles. The van der Waals surface area contributed by atoms with Crippen LogP contribution in [0.3, 0.4) is 0 Å². The minimum Gasteiger partial charge on any atom is -0.394 e. The van der Waals surface area contributed by atoms with Gasteiger partial charge in [-0.15, -0.1) is 0 Å². The Kier molecular flexibility index (Phi) is 18.7. The summed E-state index contributed by atoms with van der Waals surface area (Å²) in [6, 6.07) is 0. The maximum atomic E-state index is 8.63. The van der Waals surface area contributed by atoms with Crippen LogP contribution in [-0.2, 0) is 9.47 Å². The molecular weight excluding hydrogens is 196 g/mol. The molecule has 15 heavy (non-hydrogen) atoms. The fourth-order valence-corrected chi connectivity index (χ4v) is 0.733. The Balaban J connectivity index is -0.000000720. The van der Waals surface area contributed by atoms with Crippen molar-refractivity contribution in [1.29, 1.82) is 0 Å². The second kappa shape index (κ2) is 13.8. The average Bonchev–Trinajstić information content (AvgIpc) is 2.16. The molecule has 0 heterocycles. The molecule has 96 valence electrons. The number of hydrogen-bond donors (Lipinski definition) is 2. The summed E-state index contributed by atoms with van der Waals surface area (Å²) in [5, 5.41) is 17.3. The maximum absolute atomic E-state index is 8.63. The van der Waals surface area contributed by atoms with Crippen LogP contribution < -0.4 is 0 Å². The maximum Gasteiger partial charge on any atom is 0.0777 e. The molecule has 0 amide bonds. The molecule has 2 N–H and O–H groups in total. The fourth-order valence-electron chi connectivity index (χ4n) is 0.733. The molecule has 2 atom stereocenters. The number of aliphatic hydroxyl groups is 2. The van der Waals surface area contributed by atoms with Gasteiger partial charge in [0.1, 0.15) is 0 Å². The van der Waals surface area contributed by atoms with Gasteiger partial charge < -0.3 is 19.7 Å². The van der Waals surface area contributed by atoms with Gasteiger partial charge in [0.05, 0.1) is 25.4 Å². The third-order valence-corrected chi connectivity index (χ3v) is 1.61. The quantitative estimate of drug-likeness (QED) is 0.613. The first-order valence-electron chi connectivity index (χ1n) is 4.65. The van der Waals surface area contributed by atoms with E-state index >= 15 is 0 Å². The molecule has 0 rings (SSSR count). The Morgan fingerprint density at radius 1 is 0.867 bits per heavy atom. The SMILES string of the molecule is C.C.CC(CO)OCCCOC(C)CO. The second-order valence-corrected chi connectivity index (χ2v) is 3.08. The van der Waals surface area contributed by atoms with Gasteiger partial charge in [0.25, 0.3) is 0 Å². The standard InChI is InChI=1S/C9H20O4.2CH4/c1-8(6-10)12-4-3-5-13-9(2)7-11;;/h8-11H,3-7H2,1-2H3;2*1H4. The van der Waals surface area contributed by atoms with E-state index in [9.17, 15) is 0 Å². The summed E-state index contributed by atoms with van der Waals surface area (Å²) >= 11 is 0. The molecule has 0 fully saturated rings. The highest BCUT2D eigenvalue weighted by Gasteiger charge is 2.00. The van der Waals surface area contributed by atoms with E-state index < -0.39 is 0 Å². The summed E-state index contributed by atoms with van der Waals surface area (Å²) in [5.74, 6) is 0. The van der Waals surface area contributed by atoms with Crippen molar-refractivity contribution >= 4 is 0 Å². The minimum atomic E-state index is -0.102. The van der Waals surface area contributed by atoms with E-state index in [0.29, 0.717) is 13.2 Å². The predicted molar refractivity (Wildman–Crippen MR) is 63.1 cm³/mol. The number of rotatable bonds is 8. The van der Waals surface area contributed by atoms with Crippen LogP contribution in [0.15, 0.2) is 0 Å². The monoisotopic (exact) mass is 224 g/mol. The lowest BCUT2D eigenvalue weighted by Crippen LogP contribution is -2.17.